The monoisotopic (exact) mass is 250 g/mol. The zero-order chi connectivity index (χ0) is 13.0. The topological polar surface area (TPSA) is 91.4 Å². The molecule has 0 saturated carbocycles. The van der Waals surface area contributed by atoms with E-state index in [1.54, 1.807) is 0 Å². The number of aryl methyl sites for hydroxylation is 1. The molecule has 0 unspecified atom stereocenters. The van der Waals surface area contributed by atoms with Crippen molar-refractivity contribution in [2.24, 2.45) is 0 Å². The fraction of sp³-hybridized carbons (Fsp3) is 0.545. The summed E-state index contributed by atoms with van der Waals surface area (Å²) < 4.78 is 2.01. The Morgan fingerprint density at radius 2 is 2.28 bits per heavy atom. The quantitative estimate of drug-likeness (QED) is 0.687. The van der Waals surface area contributed by atoms with Crippen molar-refractivity contribution in [2.45, 2.75) is 39.9 Å². The lowest BCUT2D eigenvalue weighted by Gasteiger charge is -2.04. The minimum Gasteiger partial charge on any atom is -0.306 e. The van der Waals surface area contributed by atoms with Crippen LogP contribution in [0.15, 0.2) is 11.0 Å². The van der Waals surface area contributed by atoms with Crippen LogP contribution in [0.2, 0.25) is 0 Å². The number of aromatic nitrogens is 5. The SMILES string of the molecule is CCCn1ncc(CNCc2n[nH]c(=O)[nH]2)c1C. The van der Waals surface area contributed by atoms with E-state index in [0.29, 0.717) is 18.9 Å². The summed E-state index contributed by atoms with van der Waals surface area (Å²) in [5.41, 5.74) is 2.07. The second-order valence-electron chi connectivity index (χ2n) is 4.21. The van der Waals surface area contributed by atoms with Crippen molar-refractivity contribution in [2.75, 3.05) is 0 Å². The van der Waals surface area contributed by atoms with E-state index in [0.717, 1.165) is 13.0 Å². The third-order valence-corrected chi connectivity index (χ3v) is 2.80. The van der Waals surface area contributed by atoms with Gasteiger partial charge >= 0.3 is 5.69 Å². The van der Waals surface area contributed by atoms with Crippen molar-refractivity contribution < 1.29 is 0 Å². The van der Waals surface area contributed by atoms with Gasteiger partial charge in [0.1, 0.15) is 5.82 Å². The highest BCUT2D eigenvalue weighted by molar-refractivity contribution is 5.15. The molecule has 0 aliphatic heterocycles. The van der Waals surface area contributed by atoms with Crippen LogP contribution in [0.4, 0.5) is 0 Å². The van der Waals surface area contributed by atoms with Crippen molar-refractivity contribution in [3.8, 4) is 0 Å². The predicted octanol–water partition coefficient (Wildman–Crippen LogP) is 0.303. The van der Waals surface area contributed by atoms with Crippen molar-refractivity contribution in [3.63, 3.8) is 0 Å². The lowest BCUT2D eigenvalue weighted by molar-refractivity contribution is 0.584. The Morgan fingerprint density at radius 1 is 1.44 bits per heavy atom. The first kappa shape index (κ1) is 12.6. The van der Waals surface area contributed by atoms with Gasteiger partial charge in [-0.2, -0.15) is 10.2 Å². The van der Waals surface area contributed by atoms with Crippen LogP contribution in [0.1, 0.15) is 30.4 Å². The Morgan fingerprint density at radius 3 is 2.94 bits per heavy atom. The molecular weight excluding hydrogens is 232 g/mol. The highest BCUT2D eigenvalue weighted by Crippen LogP contribution is 2.07. The number of rotatable bonds is 6. The highest BCUT2D eigenvalue weighted by Gasteiger charge is 2.05. The standard InChI is InChI=1S/C11H18N6O/c1-3-4-17-8(2)9(6-13-17)5-12-7-10-14-11(18)16-15-10/h6,12H,3-5,7H2,1-2H3,(H2,14,15,16,18). The van der Waals surface area contributed by atoms with Gasteiger partial charge in [0.15, 0.2) is 0 Å². The largest absolute Gasteiger partial charge is 0.340 e. The highest BCUT2D eigenvalue weighted by atomic mass is 16.1. The summed E-state index contributed by atoms with van der Waals surface area (Å²) in [6.45, 7) is 6.38. The normalized spacial score (nSPS) is 11.0. The van der Waals surface area contributed by atoms with Crippen LogP contribution in [-0.2, 0) is 19.6 Å². The molecule has 0 aromatic carbocycles. The average Bonchev–Trinajstić information content (AvgIpc) is 2.90. The molecule has 98 valence electrons. The van der Waals surface area contributed by atoms with Crippen LogP contribution in [-0.4, -0.2) is 25.0 Å². The second kappa shape index (κ2) is 5.63. The van der Waals surface area contributed by atoms with Gasteiger partial charge in [-0.15, -0.1) is 0 Å². The van der Waals surface area contributed by atoms with Gasteiger partial charge in [0.05, 0.1) is 12.7 Å². The molecule has 7 nitrogen and oxygen atoms in total. The molecule has 0 aliphatic rings. The molecule has 0 fully saturated rings. The third kappa shape index (κ3) is 2.86. The first-order valence-electron chi connectivity index (χ1n) is 6.06. The van der Waals surface area contributed by atoms with Gasteiger partial charge in [-0.3, -0.25) is 9.67 Å². The molecule has 2 rings (SSSR count). The molecule has 0 atom stereocenters. The molecule has 0 aliphatic carbocycles. The van der Waals surface area contributed by atoms with E-state index in [1.807, 2.05) is 10.9 Å². The molecule has 7 heteroatoms. The van der Waals surface area contributed by atoms with Crippen molar-refractivity contribution in [3.05, 3.63) is 33.8 Å². The Bertz CT molecular complexity index is 552. The van der Waals surface area contributed by atoms with Gasteiger partial charge in [-0.25, -0.2) is 9.89 Å². The van der Waals surface area contributed by atoms with E-state index in [-0.39, 0.29) is 5.69 Å². The molecule has 3 N–H and O–H groups in total. The molecule has 0 spiro atoms. The predicted molar refractivity (Wildman–Crippen MR) is 67.0 cm³/mol. The number of nitrogens with one attached hydrogen (secondary N) is 3. The van der Waals surface area contributed by atoms with E-state index in [1.165, 1.54) is 11.3 Å². The van der Waals surface area contributed by atoms with Gasteiger partial charge in [-0.1, -0.05) is 6.92 Å². The molecule has 2 aromatic heterocycles. The summed E-state index contributed by atoms with van der Waals surface area (Å²) in [4.78, 5) is 13.4. The van der Waals surface area contributed by atoms with Gasteiger partial charge < -0.3 is 5.32 Å². The maximum Gasteiger partial charge on any atom is 0.340 e. The maximum absolute atomic E-state index is 10.8. The fourth-order valence-electron chi connectivity index (χ4n) is 1.80. The Hall–Kier alpha value is -1.89. The Kier molecular flexibility index (Phi) is 3.93. The smallest absolute Gasteiger partial charge is 0.306 e. The van der Waals surface area contributed by atoms with Gasteiger partial charge in [0.25, 0.3) is 0 Å². The average molecular weight is 250 g/mol. The van der Waals surface area contributed by atoms with Gasteiger partial charge in [0.2, 0.25) is 0 Å². The molecule has 0 radical (unpaired) electrons. The molecule has 0 saturated heterocycles. The first-order valence-corrected chi connectivity index (χ1v) is 6.06. The number of H-pyrrole nitrogens is 2. The van der Waals surface area contributed by atoms with Gasteiger partial charge in [-0.05, 0) is 13.3 Å². The molecule has 18 heavy (non-hydrogen) atoms. The van der Waals surface area contributed by atoms with Crippen LogP contribution in [0.5, 0.6) is 0 Å². The van der Waals surface area contributed by atoms with Crippen molar-refractivity contribution in [1.29, 1.82) is 0 Å². The third-order valence-electron chi connectivity index (χ3n) is 2.80. The summed E-state index contributed by atoms with van der Waals surface area (Å²) in [5.74, 6) is 0.610. The number of hydrogen-bond donors (Lipinski definition) is 3. The van der Waals surface area contributed by atoms with E-state index in [2.05, 4.69) is 39.4 Å². The first-order chi connectivity index (χ1) is 8.70. The number of hydrogen-bond acceptors (Lipinski definition) is 4. The van der Waals surface area contributed by atoms with Crippen LogP contribution >= 0.6 is 0 Å². The van der Waals surface area contributed by atoms with E-state index in [9.17, 15) is 4.79 Å². The number of aromatic amines is 2. The maximum atomic E-state index is 10.8. The summed E-state index contributed by atoms with van der Waals surface area (Å²) in [6.07, 6.45) is 2.95. The molecular formula is C11H18N6O. The summed E-state index contributed by atoms with van der Waals surface area (Å²) in [6, 6.07) is 0. The van der Waals surface area contributed by atoms with Crippen LogP contribution in [0.25, 0.3) is 0 Å². The van der Waals surface area contributed by atoms with Crippen molar-refractivity contribution in [1.82, 2.24) is 30.3 Å². The molecule has 0 amide bonds. The minimum atomic E-state index is -0.279. The van der Waals surface area contributed by atoms with E-state index >= 15 is 0 Å². The summed E-state index contributed by atoms with van der Waals surface area (Å²) in [5, 5.41) is 13.7. The molecule has 0 bridgehead atoms. The Labute approximate surface area is 105 Å². The lowest BCUT2D eigenvalue weighted by atomic mass is 10.2. The van der Waals surface area contributed by atoms with Crippen LogP contribution in [0.3, 0.4) is 0 Å². The summed E-state index contributed by atoms with van der Waals surface area (Å²) in [7, 11) is 0. The van der Waals surface area contributed by atoms with Crippen molar-refractivity contribution >= 4 is 0 Å². The zero-order valence-corrected chi connectivity index (χ0v) is 10.7. The van der Waals surface area contributed by atoms with E-state index in [4.69, 9.17) is 0 Å². The van der Waals surface area contributed by atoms with Crippen LogP contribution < -0.4 is 11.0 Å². The van der Waals surface area contributed by atoms with Gasteiger partial charge in [0, 0.05) is 24.3 Å². The molecule has 2 aromatic rings. The fourth-order valence-corrected chi connectivity index (χ4v) is 1.80. The second-order valence-corrected chi connectivity index (χ2v) is 4.21. The zero-order valence-electron chi connectivity index (χ0n) is 10.7. The Balaban J connectivity index is 1.88. The van der Waals surface area contributed by atoms with E-state index < -0.39 is 0 Å². The number of nitrogens with zero attached hydrogens (tertiary/aromatic N) is 3. The summed E-state index contributed by atoms with van der Waals surface area (Å²) >= 11 is 0. The minimum absolute atomic E-state index is 0.279. The molecule has 2 heterocycles. The van der Waals surface area contributed by atoms with Crippen LogP contribution in [0, 0.1) is 6.92 Å². The lowest BCUT2D eigenvalue weighted by Crippen LogP contribution is -2.15.